The van der Waals surface area contributed by atoms with Gasteiger partial charge in [0.05, 0.1) is 31.4 Å². The molecule has 0 unspecified atom stereocenters. The standard InChI is InChI=1S/C14H16N4O/c15-6-2-8-18(9-3-7-16)14(19)11-12-4-1-5-13(17)10-12/h1,4-5,10H,2-3,8-9,11,17H2. The van der Waals surface area contributed by atoms with Crippen LogP contribution in [-0.2, 0) is 11.2 Å². The molecule has 0 atom stereocenters. The smallest absolute Gasteiger partial charge is 0.227 e. The van der Waals surface area contributed by atoms with Crippen molar-refractivity contribution in [3.05, 3.63) is 29.8 Å². The number of amides is 1. The fourth-order valence-corrected chi connectivity index (χ4v) is 1.72. The van der Waals surface area contributed by atoms with Crippen LogP contribution in [0.2, 0.25) is 0 Å². The quantitative estimate of drug-likeness (QED) is 0.780. The van der Waals surface area contributed by atoms with Crippen LogP contribution < -0.4 is 5.73 Å². The maximum atomic E-state index is 12.1. The molecule has 5 nitrogen and oxygen atoms in total. The zero-order chi connectivity index (χ0) is 14.1. The Bertz CT molecular complexity index is 495. The van der Waals surface area contributed by atoms with E-state index in [0.29, 0.717) is 18.8 Å². The first kappa shape index (κ1) is 14.5. The van der Waals surface area contributed by atoms with Crippen molar-refractivity contribution in [2.75, 3.05) is 18.8 Å². The Morgan fingerprint density at radius 1 is 1.21 bits per heavy atom. The normalized spacial score (nSPS) is 9.37. The maximum absolute atomic E-state index is 12.1. The Hall–Kier alpha value is -2.53. The second-order valence-electron chi connectivity index (χ2n) is 4.12. The molecule has 0 spiro atoms. The number of hydrogen-bond donors (Lipinski definition) is 1. The van der Waals surface area contributed by atoms with Crippen LogP contribution in [0.3, 0.4) is 0 Å². The summed E-state index contributed by atoms with van der Waals surface area (Å²) in [6, 6.07) is 11.2. The minimum absolute atomic E-state index is 0.0869. The minimum Gasteiger partial charge on any atom is -0.399 e. The highest BCUT2D eigenvalue weighted by Gasteiger charge is 2.13. The number of hydrogen-bond acceptors (Lipinski definition) is 4. The summed E-state index contributed by atoms with van der Waals surface area (Å²) in [6.45, 7) is 0.721. The van der Waals surface area contributed by atoms with Crippen molar-refractivity contribution in [1.29, 1.82) is 10.5 Å². The number of nitriles is 2. The van der Waals surface area contributed by atoms with E-state index >= 15 is 0 Å². The molecule has 1 rings (SSSR count). The molecular weight excluding hydrogens is 240 g/mol. The molecular formula is C14H16N4O. The largest absolute Gasteiger partial charge is 0.399 e. The van der Waals surface area contributed by atoms with Gasteiger partial charge in [-0.15, -0.1) is 0 Å². The molecule has 0 saturated carbocycles. The van der Waals surface area contributed by atoms with Crippen LogP contribution in [0.5, 0.6) is 0 Å². The molecule has 0 fully saturated rings. The van der Waals surface area contributed by atoms with Crippen LogP contribution in [0.15, 0.2) is 24.3 Å². The Morgan fingerprint density at radius 3 is 2.37 bits per heavy atom. The molecule has 0 radical (unpaired) electrons. The second-order valence-corrected chi connectivity index (χ2v) is 4.12. The molecule has 5 heteroatoms. The van der Waals surface area contributed by atoms with E-state index in [-0.39, 0.29) is 25.2 Å². The van der Waals surface area contributed by atoms with Crippen LogP contribution >= 0.6 is 0 Å². The molecule has 0 aromatic heterocycles. The van der Waals surface area contributed by atoms with Crippen LogP contribution in [0, 0.1) is 22.7 Å². The van der Waals surface area contributed by atoms with Crippen molar-refractivity contribution in [3.8, 4) is 12.1 Å². The molecule has 2 N–H and O–H groups in total. The van der Waals surface area contributed by atoms with E-state index < -0.39 is 0 Å². The molecule has 1 amide bonds. The third-order valence-corrected chi connectivity index (χ3v) is 2.65. The van der Waals surface area contributed by atoms with E-state index in [1.54, 1.807) is 23.1 Å². The number of nitrogens with two attached hydrogens (primary N) is 1. The Kier molecular flexibility index (Phi) is 5.91. The summed E-state index contributed by atoms with van der Waals surface area (Å²) in [5.74, 6) is -0.0869. The highest BCUT2D eigenvalue weighted by molar-refractivity contribution is 5.79. The van der Waals surface area contributed by atoms with E-state index in [0.717, 1.165) is 5.56 Å². The number of carbonyl (C=O) groups excluding carboxylic acids is 1. The number of anilines is 1. The number of carbonyl (C=O) groups is 1. The van der Waals surface area contributed by atoms with Gasteiger partial charge in [0.15, 0.2) is 0 Å². The molecule has 0 aliphatic heterocycles. The van der Waals surface area contributed by atoms with Crippen molar-refractivity contribution in [3.63, 3.8) is 0 Å². The van der Waals surface area contributed by atoms with E-state index in [1.807, 2.05) is 18.2 Å². The fraction of sp³-hybridized carbons (Fsp3) is 0.357. The molecule has 19 heavy (non-hydrogen) atoms. The van der Waals surface area contributed by atoms with Gasteiger partial charge in [0.1, 0.15) is 0 Å². The van der Waals surface area contributed by atoms with Gasteiger partial charge in [-0.1, -0.05) is 12.1 Å². The summed E-state index contributed by atoms with van der Waals surface area (Å²) in [7, 11) is 0. The molecule has 0 heterocycles. The monoisotopic (exact) mass is 256 g/mol. The summed E-state index contributed by atoms with van der Waals surface area (Å²) in [5.41, 5.74) is 7.11. The maximum Gasteiger partial charge on any atom is 0.227 e. The molecule has 1 aromatic rings. The van der Waals surface area contributed by atoms with Crippen molar-refractivity contribution in [2.45, 2.75) is 19.3 Å². The fourth-order valence-electron chi connectivity index (χ4n) is 1.72. The van der Waals surface area contributed by atoms with E-state index in [2.05, 4.69) is 0 Å². The average molecular weight is 256 g/mol. The summed E-state index contributed by atoms with van der Waals surface area (Å²) < 4.78 is 0. The Morgan fingerprint density at radius 2 is 1.84 bits per heavy atom. The van der Waals surface area contributed by atoms with Gasteiger partial charge in [-0.05, 0) is 17.7 Å². The van der Waals surface area contributed by atoms with Gasteiger partial charge in [-0.25, -0.2) is 0 Å². The Balaban J connectivity index is 2.65. The van der Waals surface area contributed by atoms with Crippen molar-refractivity contribution in [1.82, 2.24) is 4.90 Å². The first-order valence-electron chi connectivity index (χ1n) is 6.03. The highest BCUT2D eigenvalue weighted by Crippen LogP contribution is 2.09. The zero-order valence-corrected chi connectivity index (χ0v) is 10.7. The van der Waals surface area contributed by atoms with Crippen LogP contribution in [0.1, 0.15) is 18.4 Å². The lowest BCUT2D eigenvalue weighted by Gasteiger charge is -2.20. The summed E-state index contributed by atoms with van der Waals surface area (Å²) in [5, 5.41) is 17.2. The predicted molar refractivity (Wildman–Crippen MR) is 71.6 cm³/mol. The third-order valence-electron chi connectivity index (χ3n) is 2.65. The SMILES string of the molecule is N#CCCN(CCC#N)C(=O)Cc1cccc(N)c1. The van der Waals surface area contributed by atoms with Crippen LogP contribution in [-0.4, -0.2) is 23.9 Å². The van der Waals surface area contributed by atoms with E-state index in [4.69, 9.17) is 16.3 Å². The molecule has 0 aliphatic rings. The van der Waals surface area contributed by atoms with Crippen molar-refractivity contribution < 1.29 is 4.79 Å². The lowest BCUT2D eigenvalue weighted by molar-refractivity contribution is -0.130. The Labute approximate surface area is 112 Å². The number of nitrogen functional groups attached to an aromatic ring is 1. The van der Waals surface area contributed by atoms with Gasteiger partial charge in [-0.2, -0.15) is 10.5 Å². The number of nitrogens with zero attached hydrogens (tertiary/aromatic N) is 3. The topological polar surface area (TPSA) is 93.9 Å². The molecule has 1 aromatic carbocycles. The first-order valence-corrected chi connectivity index (χ1v) is 6.03. The number of rotatable bonds is 6. The van der Waals surface area contributed by atoms with E-state index in [9.17, 15) is 4.79 Å². The molecule has 0 bridgehead atoms. The summed E-state index contributed by atoms with van der Waals surface area (Å²) in [4.78, 5) is 13.7. The highest BCUT2D eigenvalue weighted by atomic mass is 16.2. The van der Waals surface area contributed by atoms with Gasteiger partial charge in [-0.3, -0.25) is 4.79 Å². The zero-order valence-electron chi connectivity index (χ0n) is 10.7. The average Bonchev–Trinajstić information content (AvgIpc) is 2.38. The van der Waals surface area contributed by atoms with E-state index in [1.165, 1.54) is 0 Å². The number of benzene rings is 1. The predicted octanol–water partition coefficient (Wildman–Crippen LogP) is 1.47. The lowest BCUT2D eigenvalue weighted by atomic mass is 10.1. The molecule has 98 valence electrons. The summed E-state index contributed by atoms with van der Waals surface area (Å²) in [6.07, 6.45) is 0.782. The van der Waals surface area contributed by atoms with Gasteiger partial charge in [0.25, 0.3) is 0 Å². The van der Waals surface area contributed by atoms with Gasteiger partial charge in [0.2, 0.25) is 5.91 Å². The van der Waals surface area contributed by atoms with Gasteiger partial charge < -0.3 is 10.6 Å². The van der Waals surface area contributed by atoms with Gasteiger partial charge in [0, 0.05) is 18.8 Å². The third kappa shape index (κ3) is 5.10. The molecule has 0 saturated heterocycles. The van der Waals surface area contributed by atoms with Crippen molar-refractivity contribution in [2.24, 2.45) is 0 Å². The minimum atomic E-state index is -0.0869. The lowest BCUT2D eigenvalue weighted by Crippen LogP contribution is -2.34. The summed E-state index contributed by atoms with van der Waals surface area (Å²) >= 11 is 0. The van der Waals surface area contributed by atoms with Crippen LogP contribution in [0.4, 0.5) is 5.69 Å². The van der Waals surface area contributed by atoms with Crippen molar-refractivity contribution >= 4 is 11.6 Å². The van der Waals surface area contributed by atoms with Gasteiger partial charge >= 0.3 is 0 Å². The first-order chi connectivity index (χ1) is 9.17. The second kappa shape index (κ2) is 7.73. The molecule has 0 aliphatic carbocycles. The van der Waals surface area contributed by atoms with Crippen LogP contribution in [0.25, 0.3) is 0 Å².